The van der Waals surface area contributed by atoms with Gasteiger partial charge in [0.25, 0.3) is 0 Å². The molecule has 0 unspecified atom stereocenters. The van der Waals surface area contributed by atoms with Crippen molar-refractivity contribution in [2.75, 3.05) is 5.75 Å². The minimum atomic E-state index is 1.05. The molecule has 0 radical (unpaired) electrons. The summed E-state index contributed by atoms with van der Waals surface area (Å²) in [6.07, 6.45) is 0. The van der Waals surface area contributed by atoms with Crippen molar-refractivity contribution < 1.29 is 0 Å². The predicted molar refractivity (Wildman–Crippen MR) is 91.0 cm³/mol. The van der Waals surface area contributed by atoms with E-state index in [4.69, 9.17) is 4.98 Å². The summed E-state index contributed by atoms with van der Waals surface area (Å²) in [5.41, 5.74) is 1.10. The number of rotatable bonds is 2. The highest BCUT2D eigenvalue weighted by molar-refractivity contribution is 7.99. The van der Waals surface area contributed by atoms with Crippen LogP contribution >= 0.6 is 23.1 Å². The third kappa shape index (κ3) is 1.74. The Kier molecular flexibility index (Phi) is 2.90. The second-order valence-electron chi connectivity index (χ2n) is 4.67. The zero-order chi connectivity index (χ0) is 13.5. The Morgan fingerprint density at radius 2 is 1.75 bits per heavy atom. The number of aromatic nitrogens is 1. The van der Waals surface area contributed by atoms with Gasteiger partial charge in [0.05, 0.1) is 10.2 Å². The highest BCUT2D eigenvalue weighted by Gasteiger charge is 2.13. The summed E-state index contributed by atoms with van der Waals surface area (Å²) in [6, 6.07) is 17.1. The minimum absolute atomic E-state index is 1.05. The SMILES string of the molecule is CCSc1nc2ccccc2c2c1sc1ccccc12. The normalized spacial score (nSPS) is 11.7. The quantitative estimate of drug-likeness (QED) is 0.439. The number of para-hydroxylation sites is 1. The Labute approximate surface area is 125 Å². The standard InChI is InChI=1S/C17H13NS2/c1-2-19-17-16-15(11-7-3-5-9-13(11)18-17)12-8-4-6-10-14(12)20-16/h3-10H,2H2,1H3. The first-order valence-corrected chi connectivity index (χ1v) is 8.51. The molecule has 0 bridgehead atoms. The number of benzene rings is 2. The summed E-state index contributed by atoms with van der Waals surface area (Å²) in [7, 11) is 0. The molecular formula is C17H13NS2. The highest BCUT2D eigenvalue weighted by atomic mass is 32.2. The molecule has 3 heteroatoms. The van der Waals surface area contributed by atoms with E-state index in [0.29, 0.717) is 0 Å². The van der Waals surface area contributed by atoms with E-state index in [9.17, 15) is 0 Å². The summed E-state index contributed by atoms with van der Waals surface area (Å²) in [5.74, 6) is 1.05. The first-order chi connectivity index (χ1) is 9.88. The molecule has 0 aliphatic rings. The first kappa shape index (κ1) is 12.2. The molecule has 1 nitrogen and oxygen atoms in total. The molecule has 4 aromatic rings. The molecule has 20 heavy (non-hydrogen) atoms. The molecule has 0 amide bonds. The van der Waals surface area contributed by atoms with Crippen LogP contribution in [0.1, 0.15) is 6.92 Å². The predicted octanol–water partition coefficient (Wildman–Crippen LogP) is 5.71. The van der Waals surface area contributed by atoms with Gasteiger partial charge in [-0.1, -0.05) is 43.3 Å². The number of nitrogens with zero attached hydrogens (tertiary/aromatic N) is 1. The monoisotopic (exact) mass is 295 g/mol. The van der Waals surface area contributed by atoms with Gasteiger partial charge in [-0.15, -0.1) is 23.1 Å². The second-order valence-corrected chi connectivity index (χ2v) is 6.97. The average molecular weight is 295 g/mol. The number of hydrogen-bond acceptors (Lipinski definition) is 3. The van der Waals surface area contributed by atoms with Crippen molar-refractivity contribution >= 4 is 54.2 Å². The number of thioether (sulfide) groups is 1. The van der Waals surface area contributed by atoms with E-state index in [1.807, 2.05) is 23.1 Å². The fourth-order valence-electron chi connectivity index (χ4n) is 2.64. The van der Waals surface area contributed by atoms with Crippen LogP contribution in [-0.2, 0) is 0 Å². The molecule has 0 atom stereocenters. The van der Waals surface area contributed by atoms with E-state index in [0.717, 1.165) is 11.3 Å². The molecule has 0 fully saturated rings. The van der Waals surface area contributed by atoms with E-state index in [2.05, 4.69) is 55.5 Å². The molecule has 0 N–H and O–H groups in total. The van der Waals surface area contributed by atoms with Crippen molar-refractivity contribution in [3.05, 3.63) is 48.5 Å². The molecule has 98 valence electrons. The average Bonchev–Trinajstić information content (AvgIpc) is 2.88. The first-order valence-electron chi connectivity index (χ1n) is 6.71. The van der Waals surface area contributed by atoms with Crippen molar-refractivity contribution in [3.63, 3.8) is 0 Å². The summed E-state index contributed by atoms with van der Waals surface area (Å²) in [6.45, 7) is 2.18. The van der Waals surface area contributed by atoms with Gasteiger partial charge in [-0.3, -0.25) is 0 Å². The van der Waals surface area contributed by atoms with Crippen LogP contribution in [0.2, 0.25) is 0 Å². The Morgan fingerprint density at radius 1 is 1.00 bits per heavy atom. The fourth-order valence-corrected chi connectivity index (χ4v) is 4.71. The number of pyridine rings is 1. The molecule has 0 saturated heterocycles. The summed E-state index contributed by atoms with van der Waals surface area (Å²) in [5, 5.41) is 5.15. The van der Waals surface area contributed by atoms with Crippen LogP contribution in [-0.4, -0.2) is 10.7 Å². The van der Waals surface area contributed by atoms with Gasteiger partial charge in [-0.2, -0.15) is 0 Å². The summed E-state index contributed by atoms with van der Waals surface area (Å²) in [4.78, 5) is 4.86. The number of thiophene rings is 1. The van der Waals surface area contributed by atoms with Crippen molar-refractivity contribution in [2.24, 2.45) is 0 Å². The Balaban J connectivity index is 2.27. The molecule has 2 aromatic carbocycles. The van der Waals surface area contributed by atoms with Gasteiger partial charge >= 0.3 is 0 Å². The molecule has 0 spiro atoms. The lowest BCUT2D eigenvalue weighted by atomic mass is 10.1. The van der Waals surface area contributed by atoms with Crippen molar-refractivity contribution in [3.8, 4) is 0 Å². The number of hydrogen-bond donors (Lipinski definition) is 0. The number of fused-ring (bicyclic) bond motifs is 5. The third-order valence-corrected chi connectivity index (χ3v) is 5.63. The van der Waals surface area contributed by atoms with Crippen LogP contribution in [0.4, 0.5) is 0 Å². The molecule has 0 saturated carbocycles. The van der Waals surface area contributed by atoms with Crippen LogP contribution in [0.5, 0.6) is 0 Å². The Morgan fingerprint density at radius 3 is 2.60 bits per heavy atom. The van der Waals surface area contributed by atoms with Gasteiger partial charge in [0.2, 0.25) is 0 Å². The molecule has 2 aromatic heterocycles. The lowest BCUT2D eigenvalue weighted by Gasteiger charge is -2.05. The van der Waals surface area contributed by atoms with Crippen molar-refractivity contribution in [1.29, 1.82) is 0 Å². The van der Waals surface area contributed by atoms with E-state index in [1.54, 1.807) is 0 Å². The van der Waals surface area contributed by atoms with Crippen LogP contribution in [0.15, 0.2) is 53.6 Å². The van der Waals surface area contributed by atoms with Crippen LogP contribution in [0.3, 0.4) is 0 Å². The van der Waals surface area contributed by atoms with Gasteiger partial charge in [0.15, 0.2) is 0 Å². The molecule has 0 aliphatic heterocycles. The second kappa shape index (κ2) is 4.76. The lowest BCUT2D eigenvalue weighted by Crippen LogP contribution is -1.84. The largest absolute Gasteiger partial charge is 0.240 e. The van der Waals surface area contributed by atoms with Gasteiger partial charge in [-0.25, -0.2) is 4.98 Å². The zero-order valence-corrected chi connectivity index (χ0v) is 12.7. The smallest absolute Gasteiger partial charge is 0.115 e. The van der Waals surface area contributed by atoms with Gasteiger partial charge < -0.3 is 0 Å². The lowest BCUT2D eigenvalue weighted by molar-refractivity contribution is 1.24. The van der Waals surface area contributed by atoms with Crippen LogP contribution in [0, 0.1) is 0 Å². The summed E-state index contributed by atoms with van der Waals surface area (Å²) >= 11 is 3.69. The molecule has 4 rings (SSSR count). The van der Waals surface area contributed by atoms with Gasteiger partial charge in [0.1, 0.15) is 5.03 Å². The zero-order valence-electron chi connectivity index (χ0n) is 11.1. The minimum Gasteiger partial charge on any atom is -0.240 e. The maximum absolute atomic E-state index is 4.86. The van der Waals surface area contributed by atoms with E-state index in [-0.39, 0.29) is 0 Å². The van der Waals surface area contributed by atoms with Gasteiger partial charge in [-0.05, 0) is 17.9 Å². The fraction of sp³-hybridized carbons (Fsp3) is 0.118. The van der Waals surface area contributed by atoms with Crippen molar-refractivity contribution in [1.82, 2.24) is 4.98 Å². The maximum Gasteiger partial charge on any atom is 0.115 e. The van der Waals surface area contributed by atoms with Crippen LogP contribution in [0.25, 0.3) is 31.1 Å². The summed E-state index contributed by atoms with van der Waals surface area (Å²) < 4.78 is 2.68. The van der Waals surface area contributed by atoms with Crippen LogP contribution < -0.4 is 0 Å². The van der Waals surface area contributed by atoms with Gasteiger partial charge in [0, 0.05) is 20.9 Å². The topological polar surface area (TPSA) is 12.9 Å². The third-order valence-electron chi connectivity index (χ3n) is 3.47. The van der Waals surface area contributed by atoms with E-state index < -0.39 is 0 Å². The Hall–Kier alpha value is -1.58. The molecular weight excluding hydrogens is 282 g/mol. The van der Waals surface area contributed by atoms with E-state index >= 15 is 0 Å². The van der Waals surface area contributed by atoms with E-state index in [1.165, 1.54) is 30.6 Å². The molecule has 2 heterocycles. The van der Waals surface area contributed by atoms with Crippen molar-refractivity contribution in [2.45, 2.75) is 11.9 Å². The molecule has 0 aliphatic carbocycles. The maximum atomic E-state index is 4.86. The Bertz CT molecular complexity index is 924. The highest BCUT2D eigenvalue weighted by Crippen LogP contribution is 2.41.